The lowest BCUT2D eigenvalue weighted by Gasteiger charge is -2.10. The van der Waals surface area contributed by atoms with E-state index in [4.69, 9.17) is 15.7 Å². The third-order valence-corrected chi connectivity index (χ3v) is 2.86. The largest absolute Gasteiger partial charge is 0.432 e. The van der Waals surface area contributed by atoms with E-state index in [0.29, 0.717) is 6.01 Å². The number of nitrogens with zero attached hydrogens (tertiary/aromatic N) is 3. The van der Waals surface area contributed by atoms with Gasteiger partial charge in [-0.1, -0.05) is 24.3 Å². The van der Waals surface area contributed by atoms with Crippen LogP contribution in [0.4, 0.5) is 11.7 Å². The van der Waals surface area contributed by atoms with Crippen LogP contribution in [0.1, 0.15) is 24.1 Å². The molecule has 0 spiro atoms. The molecule has 1 unspecified atom stereocenters. The van der Waals surface area contributed by atoms with Crippen molar-refractivity contribution >= 4 is 17.5 Å². The minimum Gasteiger partial charge on any atom is -0.432 e. The van der Waals surface area contributed by atoms with E-state index in [0.717, 1.165) is 16.9 Å². The number of aryl methyl sites for hydroxylation is 1. The van der Waals surface area contributed by atoms with Gasteiger partial charge in [0, 0.05) is 11.6 Å². The number of aromatic nitrogens is 1. The average molecular weight is 272 g/mol. The van der Waals surface area contributed by atoms with Crippen LogP contribution in [-0.2, 0) is 0 Å². The van der Waals surface area contributed by atoms with E-state index in [1.54, 1.807) is 6.26 Å². The van der Waals surface area contributed by atoms with Crippen LogP contribution in [0.3, 0.4) is 0 Å². The highest BCUT2D eigenvalue weighted by Crippen LogP contribution is 2.21. The van der Waals surface area contributed by atoms with Crippen LogP contribution < -0.4 is 11.2 Å². The number of benzene rings is 1. The predicted molar refractivity (Wildman–Crippen MR) is 76.1 cm³/mol. The molecule has 4 N–H and O–H groups in total. The Labute approximate surface area is 116 Å². The van der Waals surface area contributed by atoms with Crippen LogP contribution in [0.5, 0.6) is 0 Å². The number of rotatable bonds is 4. The number of hydrogen-bond acceptors (Lipinski definition) is 5. The summed E-state index contributed by atoms with van der Waals surface area (Å²) in [5.74, 6) is 4.90. The zero-order valence-electron chi connectivity index (χ0n) is 11.3. The maximum Gasteiger partial charge on any atom is 0.299 e. The molecule has 1 atom stereocenters. The fourth-order valence-corrected chi connectivity index (χ4v) is 1.70. The van der Waals surface area contributed by atoms with Crippen molar-refractivity contribution < 1.29 is 4.42 Å². The molecule has 20 heavy (non-hydrogen) atoms. The number of amidine groups is 1. The van der Waals surface area contributed by atoms with Crippen LogP contribution in [0.25, 0.3) is 0 Å². The molecule has 1 heterocycles. The van der Waals surface area contributed by atoms with Gasteiger partial charge in [0.25, 0.3) is 6.01 Å². The summed E-state index contributed by atoms with van der Waals surface area (Å²) in [5, 5.41) is 17.4. The fraction of sp³-hybridized carbons (Fsp3) is 0.231. The van der Waals surface area contributed by atoms with Crippen molar-refractivity contribution in [3.63, 3.8) is 0 Å². The summed E-state index contributed by atoms with van der Waals surface area (Å²) < 4.78 is 5.22. The van der Waals surface area contributed by atoms with Gasteiger partial charge in [0.1, 0.15) is 6.26 Å². The molecule has 0 bridgehead atoms. The Kier molecular flexibility index (Phi) is 4.09. The zero-order chi connectivity index (χ0) is 14.5. The fourth-order valence-electron chi connectivity index (χ4n) is 1.70. The molecule has 0 saturated carbocycles. The Morgan fingerprint density at radius 2 is 2.10 bits per heavy atom. The van der Waals surface area contributed by atoms with Gasteiger partial charge < -0.3 is 15.6 Å². The smallest absolute Gasteiger partial charge is 0.299 e. The van der Waals surface area contributed by atoms with E-state index in [2.05, 4.69) is 20.6 Å². The molecular formula is C13H16N6O. The summed E-state index contributed by atoms with van der Waals surface area (Å²) in [6.45, 7) is 3.73. The molecule has 0 fully saturated rings. The second-order valence-electron chi connectivity index (χ2n) is 4.36. The molecule has 0 aliphatic carbocycles. The lowest BCUT2D eigenvalue weighted by Crippen LogP contribution is -2.05. The Morgan fingerprint density at radius 3 is 2.65 bits per heavy atom. The maximum atomic E-state index is 7.69. The second kappa shape index (κ2) is 5.96. The molecule has 1 aromatic heterocycles. The molecule has 0 amide bonds. The molecule has 0 radical (unpaired) electrons. The van der Waals surface area contributed by atoms with Crippen molar-refractivity contribution in [2.75, 3.05) is 5.32 Å². The van der Waals surface area contributed by atoms with E-state index in [1.165, 1.54) is 0 Å². The summed E-state index contributed by atoms with van der Waals surface area (Å²) in [5.41, 5.74) is 2.63. The van der Waals surface area contributed by atoms with Crippen LogP contribution >= 0.6 is 0 Å². The Balaban J connectivity index is 2.08. The van der Waals surface area contributed by atoms with Crippen LogP contribution in [0.2, 0.25) is 0 Å². The number of oxazole rings is 1. The van der Waals surface area contributed by atoms with Crippen LogP contribution in [0, 0.1) is 12.3 Å². The van der Waals surface area contributed by atoms with E-state index in [-0.39, 0.29) is 11.8 Å². The lowest BCUT2D eigenvalue weighted by atomic mass is 10.00. The van der Waals surface area contributed by atoms with Gasteiger partial charge in [0.2, 0.25) is 0 Å². The normalized spacial score (nSPS) is 12.5. The molecule has 104 valence electrons. The van der Waals surface area contributed by atoms with Crippen LogP contribution in [-0.4, -0.2) is 10.8 Å². The molecule has 1 aromatic carbocycles. The van der Waals surface area contributed by atoms with Crippen molar-refractivity contribution in [2.24, 2.45) is 16.2 Å². The van der Waals surface area contributed by atoms with Crippen molar-refractivity contribution in [3.05, 3.63) is 41.8 Å². The monoisotopic (exact) mass is 272 g/mol. The summed E-state index contributed by atoms with van der Waals surface area (Å²) in [6, 6.07) is 8.04. The van der Waals surface area contributed by atoms with E-state index < -0.39 is 0 Å². The maximum absolute atomic E-state index is 7.69. The predicted octanol–water partition coefficient (Wildman–Crippen LogP) is 3.13. The van der Waals surface area contributed by atoms with Crippen molar-refractivity contribution in [1.82, 2.24) is 4.98 Å². The minimum absolute atomic E-state index is 0.122. The van der Waals surface area contributed by atoms with Gasteiger partial charge in [-0.15, -0.1) is 5.11 Å². The first kappa shape index (κ1) is 13.7. The standard InChI is InChI=1S/C13H16N6O/c1-8-7-20-13(16-8)17-11-5-3-10(4-6-11)9(2)12(14)18-19-15/h3-7,9H,1-2H3,(H,16,17)(H3,14,15,18). The minimum atomic E-state index is -0.166. The molecule has 7 nitrogen and oxygen atoms in total. The molecule has 7 heteroatoms. The van der Waals surface area contributed by atoms with Crippen molar-refractivity contribution in [2.45, 2.75) is 19.8 Å². The topological polar surface area (TPSA) is 113 Å². The van der Waals surface area contributed by atoms with Gasteiger partial charge in [0.05, 0.1) is 5.69 Å². The van der Waals surface area contributed by atoms with Gasteiger partial charge >= 0.3 is 0 Å². The van der Waals surface area contributed by atoms with E-state index >= 15 is 0 Å². The molecule has 0 aliphatic heterocycles. The summed E-state index contributed by atoms with van der Waals surface area (Å²) in [6.07, 6.45) is 1.58. The Morgan fingerprint density at radius 1 is 1.40 bits per heavy atom. The van der Waals surface area contributed by atoms with Crippen molar-refractivity contribution in [1.29, 1.82) is 5.41 Å². The summed E-state index contributed by atoms with van der Waals surface area (Å²) >= 11 is 0. The summed E-state index contributed by atoms with van der Waals surface area (Å²) in [4.78, 5) is 4.16. The molecule has 0 saturated heterocycles. The third kappa shape index (κ3) is 3.19. The van der Waals surface area contributed by atoms with Gasteiger partial charge in [0.15, 0.2) is 5.84 Å². The second-order valence-corrected chi connectivity index (χ2v) is 4.36. The lowest BCUT2D eigenvalue weighted by molar-refractivity contribution is 0.577. The van der Waals surface area contributed by atoms with Gasteiger partial charge in [-0.3, -0.25) is 5.41 Å². The first-order valence-corrected chi connectivity index (χ1v) is 6.08. The average Bonchev–Trinajstić information content (AvgIpc) is 2.84. The highest BCUT2D eigenvalue weighted by Gasteiger charge is 2.11. The number of nitrogens with one attached hydrogen (secondary N) is 2. The first-order chi connectivity index (χ1) is 9.60. The van der Waals surface area contributed by atoms with Gasteiger partial charge in [-0.05, 0) is 24.6 Å². The van der Waals surface area contributed by atoms with Gasteiger partial charge in [-0.25, -0.2) is 0 Å². The molecule has 2 aromatic rings. The van der Waals surface area contributed by atoms with E-state index in [1.807, 2.05) is 38.1 Å². The molecule has 2 rings (SSSR count). The number of hydrogen-bond donors (Lipinski definition) is 3. The van der Waals surface area contributed by atoms with Crippen LogP contribution in [0.15, 0.2) is 45.3 Å². The Bertz CT molecular complexity index is 616. The molecular weight excluding hydrogens is 256 g/mol. The van der Waals surface area contributed by atoms with E-state index in [9.17, 15) is 0 Å². The highest BCUT2D eigenvalue weighted by molar-refractivity contribution is 5.86. The number of nitrogens with two attached hydrogens (primary N) is 1. The first-order valence-electron chi connectivity index (χ1n) is 6.08. The quantitative estimate of drug-likeness (QED) is 0.261. The highest BCUT2D eigenvalue weighted by atomic mass is 16.4. The Hall–Kier alpha value is -2.70. The van der Waals surface area contributed by atoms with Gasteiger partial charge in [-0.2, -0.15) is 4.98 Å². The summed E-state index contributed by atoms with van der Waals surface area (Å²) in [7, 11) is 0. The SMILES string of the molecule is Cc1coc(Nc2ccc(C(C)C(=N)N=NN)cc2)n1. The number of anilines is 2. The molecule has 0 aliphatic rings. The third-order valence-electron chi connectivity index (χ3n) is 2.86. The zero-order valence-corrected chi connectivity index (χ0v) is 11.3. The van der Waals surface area contributed by atoms with Crippen molar-refractivity contribution in [3.8, 4) is 0 Å².